The Morgan fingerprint density at radius 1 is 1.24 bits per heavy atom. The van der Waals surface area contributed by atoms with Gasteiger partial charge in [-0.1, -0.05) is 27.7 Å². The summed E-state index contributed by atoms with van der Waals surface area (Å²) < 4.78 is 0. The Hall–Kier alpha value is -1.43. The third kappa shape index (κ3) is 5.12. The van der Waals surface area contributed by atoms with Crippen LogP contribution in [0.25, 0.3) is 0 Å². The van der Waals surface area contributed by atoms with Gasteiger partial charge in [-0.3, -0.25) is 15.0 Å². The number of hydrogen-bond acceptors (Lipinski definition) is 4. The van der Waals surface area contributed by atoms with E-state index in [0.29, 0.717) is 25.2 Å². The largest absolute Gasteiger partial charge is 0.289 e. The second-order valence-corrected chi connectivity index (χ2v) is 6.86. The molecule has 0 spiro atoms. The molecule has 0 fully saturated rings. The third-order valence-electron chi connectivity index (χ3n) is 3.22. The van der Waals surface area contributed by atoms with Gasteiger partial charge in [-0.2, -0.15) is 5.10 Å². The van der Waals surface area contributed by atoms with E-state index >= 15 is 0 Å². The van der Waals surface area contributed by atoms with Crippen LogP contribution in [0.5, 0.6) is 0 Å². The molecule has 0 aliphatic carbocycles. The van der Waals surface area contributed by atoms with Crippen LogP contribution in [0.3, 0.4) is 0 Å². The average molecular weight is 296 g/mol. The lowest BCUT2D eigenvalue weighted by atomic mass is 10.1. The summed E-state index contributed by atoms with van der Waals surface area (Å²) >= 11 is 0. The number of carbonyl (C=O) groups excluding carboxylic acids is 2. The molecule has 21 heavy (non-hydrogen) atoms. The maximum Gasteiger partial charge on any atom is 0.244 e. The number of rotatable bonds is 6. The fraction of sp³-hybridized carbons (Fsp3) is 0.800. The molecule has 0 bridgehead atoms. The van der Waals surface area contributed by atoms with E-state index in [9.17, 15) is 9.59 Å². The lowest BCUT2D eigenvalue weighted by Gasteiger charge is -2.34. The van der Waals surface area contributed by atoms with Gasteiger partial charge in [0.05, 0.1) is 0 Å². The summed E-state index contributed by atoms with van der Waals surface area (Å²) in [6, 6.07) is 0. The van der Waals surface area contributed by atoms with E-state index in [0.717, 1.165) is 5.71 Å². The minimum Gasteiger partial charge on any atom is -0.289 e. The van der Waals surface area contributed by atoms with E-state index in [-0.39, 0.29) is 17.7 Å². The summed E-state index contributed by atoms with van der Waals surface area (Å²) in [4.78, 5) is 24.1. The van der Waals surface area contributed by atoms with Crippen molar-refractivity contribution in [3.8, 4) is 0 Å². The summed E-state index contributed by atoms with van der Waals surface area (Å²) in [5.41, 5.74) is 5.87. The Balaban J connectivity index is 2.69. The van der Waals surface area contributed by atoms with Crippen LogP contribution in [0.2, 0.25) is 0 Å². The van der Waals surface area contributed by atoms with Gasteiger partial charge in [-0.15, -0.1) is 0 Å². The summed E-state index contributed by atoms with van der Waals surface area (Å²) in [6.45, 7) is 11.7. The number of hydrazine groups is 1. The van der Waals surface area contributed by atoms with E-state index in [2.05, 4.69) is 16.0 Å². The predicted molar refractivity (Wildman–Crippen MR) is 83.2 cm³/mol. The van der Waals surface area contributed by atoms with Crippen molar-refractivity contribution in [3.63, 3.8) is 0 Å². The van der Waals surface area contributed by atoms with Crippen LogP contribution >= 0.6 is 0 Å². The monoisotopic (exact) mass is 296 g/mol. The fourth-order valence-corrected chi connectivity index (χ4v) is 2.38. The zero-order valence-electron chi connectivity index (χ0n) is 14.0. The van der Waals surface area contributed by atoms with Crippen molar-refractivity contribution >= 4 is 17.5 Å². The molecule has 0 radical (unpaired) electrons. The van der Waals surface area contributed by atoms with Crippen LogP contribution < -0.4 is 10.9 Å². The van der Waals surface area contributed by atoms with E-state index in [1.165, 1.54) is 5.01 Å². The molecule has 120 valence electrons. The Morgan fingerprint density at radius 3 is 2.33 bits per heavy atom. The predicted octanol–water partition coefficient (Wildman–Crippen LogP) is 2.02. The maximum atomic E-state index is 12.3. The van der Waals surface area contributed by atoms with E-state index in [4.69, 9.17) is 0 Å². The van der Waals surface area contributed by atoms with Crippen molar-refractivity contribution in [3.05, 3.63) is 0 Å². The number of carbonyl (C=O) groups is 2. The van der Waals surface area contributed by atoms with Crippen LogP contribution in [0.1, 0.15) is 60.8 Å². The highest BCUT2D eigenvalue weighted by Gasteiger charge is 2.41. The number of hydrazone groups is 1. The zero-order valence-corrected chi connectivity index (χ0v) is 14.0. The normalized spacial score (nSPS) is 21.9. The Morgan fingerprint density at radius 2 is 1.81 bits per heavy atom. The highest BCUT2D eigenvalue weighted by Crippen LogP contribution is 2.26. The molecule has 0 aromatic rings. The van der Waals surface area contributed by atoms with Crippen molar-refractivity contribution in [1.29, 1.82) is 0 Å². The molecule has 0 aromatic heterocycles. The number of hydrogen-bond donors (Lipinski definition) is 2. The first kappa shape index (κ1) is 17.6. The van der Waals surface area contributed by atoms with Gasteiger partial charge < -0.3 is 0 Å². The standard InChI is InChI=1S/C15H28N4O2/c1-10(2)7-13(20)16-18-15(6)9-12(5)17-19(15)14(21)8-11(3)4/h10-11,18H,7-9H2,1-6H3,(H,16,20). The molecule has 0 saturated heterocycles. The van der Waals surface area contributed by atoms with Gasteiger partial charge in [0.15, 0.2) is 0 Å². The number of nitrogens with zero attached hydrogens (tertiary/aromatic N) is 2. The Kier molecular flexibility index (Phi) is 5.89. The molecule has 6 nitrogen and oxygen atoms in total. The number of nitrogens with one attached hydrogen (secondary N) is 2. The topological polar surface area (TPSA) is 73.8 Å². The molecule has 1 aliphatic heterocycles. The molecule has 1 heterocycles. The van der Waals surface area contributed by atoms with Crippen LogP contribution in [0.4, 0.5) is 0 Å². The molecule has 0 aromatic carbocycles. The van der Waals surface area contributed by atoms with Crippen LogP contribution in [0, 0.1) is 11.8 Å². The van der Waals surface area contributed by atoms with E-state index < -0.39 is 5.66 Å². The third-order valence-corrected chi connectivity index (χ3v) is 3.22. The van der Waals surface area contributed by atoms with Crippen LogP contribution in [0.15, 0.2) is 5.10 Å². The molecule has 2 N–H and O–H groups in total. The van der Waals surface area contributed by atoms with Gasteiger partial charge >= 0.3 is 0 Å². The highest BCUT2D eigenvalue weighted by atomic mass is 16.2. The Labute approximate surface area is 127 Å². The lowest BCUT2D eigenvalue weighted by Crippen LogP contribution is -2.60. The van der Waals surface area contributed by atoms with Crippen molar-refractivity contribution in [2.75, 3.05) is 0 Å². The van der Waals surface area contributed by atoms with Gasteiger partial charge in [0, 0.05) is 25.0 Å². The second-order valence-electron chi connectivity index (χ2n) is 6.86. The van der Waals surface area contributed by atoms with Gasteiger partial charge in [0.25, 0.3) is 0 Å². The quantitative estimate of drug-likeness (QED) is 0.736. The second kappa shape index (κ2) is 7.02. The summed E-state index contributed by atoms with van der Waals surface area (Å²) in [6.07, 6.45) is 1.48. The molecule has 2 amide bonds. The average Bonchev–Trinajstić information content (AvgIpc) is 2.61. The van der Waals surface area contributed by atoms with Gasteiger partial charge in [0.1, 0.15) is 5.66 Å². The van der Waals surface area contributed by atoms with E-state index in [1.807, 2.05) is 41.5 Å². The van der Waals surface area contributed by atoms with Crippen molar-refractivity contribution in [2.45, 2.75) is 66.5 Å². The van der Waals surface area contributed by atoms with Crippen molar-refractivity contribution < 1.29 is 9.59 Å². The first-order valence-corrected chi connectivity index (χ1v) is 7.57. The molecular weight excluding hydrogens is 268 g/mol. The van der Waals surface area contributed by atoms with E-state index in [1.54, 1.807) is 0 Å². The molecule has 0 saturated carbocycles. The molecule has 1 unspecified atom stereocenters. The molecular formula is C15H28N4O2. The molecule has 1 rings (SSSR count). The van der Waals surface area contributed by atoms with Gasteiger partial charge in [-0.25, -0.2) is 10.4 Å². The number of amides is 2. The molecule has 6 heteroatoms. The highest BCUT2D eigenvalue weighted by molar-refractivity contribution is 5.89. The van der Waals surface area contributed by atoms with Crippen LogP contribution in [-0.4, -0.2) is 28.2 Å². The lowest BCUT2D eigenvalue weighted by molar-refractivity contribution is -0.140. The fourth-order valence-electron chi connectivity index (χ4n) is 2.38. The SMILES string of the molecule is CC1=NN(C(=O)CC(C)C)C(C)(NNC(=O)CC(C)C)C1. The van der Waals surface area contributed by atoms with Crippen molar-refractivity contribution in [1.82, 2.24) is 15.9 Å². The van der Waals surface area contributed by atoms with Gasteiger partial charge in [0.2, 0.25) is 11.8 Å². The summed E-state index contributed by atoms with van der Waals surface area (Å²) in [5.74, 6) is 0.454. The summed E-state index contributed by atoms with van der Waals surface area (Å²) in [7, 11) is 0. The minimum absolute atomic E-state index is 0.0324. The van der Waals surface area contributed by atoms with Gasteiger partial charge in [-0.05, 0) is 25.7 Å². The molecule has 1 aliphatic rings. The summed E-state index contributed by atoms with van der Waals surface area (Å²) in [5, 5.41) is 5.79. The zero-order chi connectivity index (χ0) is 16.2. The molecule has 1 atom stereocenters. The Bertz CT molecular complexity index is 431. The first-order valence-electron chi connectivity index (χ1n) is 7.57. The smallest absolute Gasteiger partial charge is 0.244 e. The minimum atomic E-state index is -0.692. The van der Waals surface area contributed by atoms with Crippen molar-refractivity contribution in [2.24, 2.45) is 16.9 Å². The first-order chi connectivity index (χ1) is 9.64. The van der Waals surface area contributed by atoms with Crippen LogP contribution in [-0.2, 0) is 9.59 Å². The maximum absolute atomic E-state index is 12.3.